The molecule has 0 radical (unpaired) electrons. The molecule has 0 aliphatic heterocycles. The third kappa shape index (κ3) is 13.2. The minimum Gasteiger partial charge on any atom is -0.497 e. The van der Waals surface area contributed by atoms with Crippen LogP contribution < -0.4 is 24.4 Å². The van der Waals surface area contributed by atoms with Gasteiger partial charge in [-0.05, 0) is 92.6 Å². The van der Waals surface area contributed by atoms with Gasteiger partial charge in [-0.15, -0.1) is 0 Å². The van der Waals surface area contributed by atoms with E-state index in [1.807, 2.05) is 24.3 Å². The van der Waals surface area contributed by atoms with E-state index in [-0.39, 0.29) is 6.89 Å². The van der Waals surface area contributed by atoms with Crippen LogP contribution in [-0.2, 0) is 12.8 Å². The highest BCUT2D eigenvalue weighted by Crippen LogP contribution is 2.40. The number of hydrogen-bond donors (Lipinski definition) is 2. The number of halogens is 1. The van der Waals surface area contributed by atoms with E-state index in [2.05, 4.69) is 92.2 Å². The first-order valence-electron chi connectivity index (χ1n) is 16.8. The van der Waals surface area contributed by atoms with Crippen molar-refractivity contribution >= 4 is 28.5 Å². The van der Waals surface area contributed by atoms with Gasteiger partial charge in [-0.25, -0.2) is 0 Å². The zero-order valence-electron chi connectivity index (χ0n) is 30.1. The summed E-state index contributed by atoms with van der Waals surface area (Å²) >= 11 is 3.36. The summed E-state index contributed by atoms with van der Waals surface area (Å²) in [7, 11) is 4.88. The molecule has 4 aromatic carbocycles. The first-order valence-corrected chi connectivity index (χ1v) is 17.6. The molecule has 4 rings (SSSR count). The Hall–Kier alpha value is -3.46. The lowest BCUT2D eigenvalue weighted by Crippen LogP contribution is -2.32. The van der Waals surface area contributed by atoms with Crippen LogP contribution in [-0.4, -0.2) is 45.6 Å². The largest absolute Gasteiger partial charge is 0.497 e. The fraction of sp³-hybridized carbons (Fsp3) is 0.400. The summed E-state index contributed by atoms with van der Waals surface area (Å²) in [5.74, 6) is 2.68. The molecule has 0 aliphatic rings. The highest BCUT2D eigenvalue weighted by molar-refractivity contribution is 9.10. The van der Waals surface area contributed by atoms with E-state index in [1.54, 1.807) is 14.2 Å². The second-order valence-corrected chi connectivity index (χ2v) is 12.7. The monoisotopic (exact) mass is 723 g/mol. The van der Waals surface area contributed by atoms with Crippen molar-refractivity contribution in [3.05, 3.63) is 99.5 Å². The highest BCUT2D eigenvalue weighted by Gasteiger charge is 2.23. The molecule has 0 aliphatic carbocycles. The Bertz CT molecular complexity index is 1460. The van der Waals surface area contributed by atoms with Crippen molar-refractivity contribution in [2.24, 2.45) is 0 Å². The van der Waals surface area contributed by atoms with Gasteiger partial charge in [0.15, 0.2) is 0 Å². The molecule has 0 spiro atoms. The third-order valence-corrected chi connectivity index (χ3v) is 8.35. The molecule has 8 heteroatoms. The molecule has 6 nitrogen and oxygen atoms in total. The lowest BCUT2D eigenvalue weighted by Gasteiger charge is -2.16. The van der Waals surface area contributed by atoms with Gasteiger partial charge in [-0.3, -0.25) is 0 Å². The van der Waals surface area contributed by atoms with E-state index in [0.29, 0.717) is 11.5 Å². The van der Waals surface area contributed by atoms with Gasteiger partial charge in [0.05, 0.1) is 39.5 Å². The van der Waals surface area contributed by atoms with Gasteiger partial charge in [-0.2, -0.15) is 0 Å². The summed E-state index contributed by atoms with van der Waals surface area (Å²) in [5.41, 5.74) is 7.33. The molecule has 262 valence electrons. The molecule has 0 saturated carbocycles. The average molecular weight is 725 g/mol. The second-order valence-electron chi connectivity index (χ2n) is 11.7. The molecule has 48 heavy (non-hydrogen) atoms. The highest BCUT2D eigenvalue weighted by atomic mass is 79.9. The SMILES string of the molecule is CCCCCc1cc(OC)c(-c2cccc(C)c2)c(OC)c1.CCCCCc1cc(OC)c(B(O)O)c(OC)c1.Cc1cccc(Br)c1.[2HH]. The topological polar surface area (TPSA) is 77.4 Å². The van der Waals surface area contributed by atoms with Crippen molar-refractivity contribution in [3.63, 3.8) is 0 Å². The minimum atomic E-state index is -1.60. The van der Waals surface area contributed by atoms with Crippen LogP contribution in [0.1, 0.15) is 76.1 Å². The number of rotatable bonds is 14. The summed E-state index contributed by atoms with van der Waals surface area (Å²) in [4.78, 5) is 0. The molecular formula is C40H56BBrO6. The normalized spacial score (nSPS) is 10.2. The predicted molar refractivity (Wildman–Crippen MR) is 207 cm³/mol. The van der Waals surface area contributed by atoms with Gasteiger partial charge < -0.3 is 29.0 Å². The Balaban J connectivity index is 0.000000399. The van der Waals surface area contributed by atoms with Crippen LogP contribution >= 0.6 is 15.9 Å². The number of methoxy groups -OCH3 is 4. The minimum absolute atomic E-state index is 0. The maximum atomic E-state index is 9.35. The number of unbranched alkanes of at least 4 members (excludes halogenated alkanes) is 4. The van der Waals surface area contributed by atoms with Gasteiger partial charge in [0.25, 0.3) is 0 Å². The quantitative estimate of drug-likeness (QED) is 0.0997. The average Bonchev–Trinajstić information content (AvgIpc) is 3.07. The van der Waals surface area contributed by atoms with E-state index in [1.165, 1.54) is 63.0 Å². The standard InChI is InChI=1S/C20H26O2.C13H21BO4.C7H7Br.H2/c1-5-6-7-10-16-13-18(21-3)20(19(14-16)22-4)17-11-8-9-15(2)12-17;1-4-5-6-7-10-8-11(17-2)13(14(15)16)12(9-10)18-3;1-6-3-2-4-7(8)5-6;/h8-9,11-14H,5-7,10H2,1-4H3;8-9,15-16H,4-7H2,1-3H3;2-5H,1H3;1H/i;;;1+1. The van der Waals surface area contributed by atoms with Gasteiger partial charge in [0.1, 0.15) is 23.0 Å². The number of aryl methyl sites for hydroxylation is 4. The summed E-state index contributed by atoms with van der Waals surface area (Å²) in [6.45, 7) is 8.56. The summed E-state index contributed by atoms with van der Waals surface area (Å²) in [6.07, 6.45) is 9.13. The fourth-order valence-electron chi connectivity index (χ4n) is 5.35. The second kappa shape index (κ2) is 22.2. The Kier molecular flexibility index (Phi) is 18.9. The zero-order valence-corrected chi connectivity index (χ0v) is 31.7. The first-order chi connectivity index (χ1) is 23.1. The molecule has 0 bridgehead atoms. The first kappa shape index (κ1) is 40.7. The predicted octanol–water partition coefficient (Wildman–Crippen LogP) is 9.53. The number of hydrogen-bond acceptors (Lipinski definition) is 6. The Morgan fingerprint density at radius 1 is 0.604 bits per heavy atom. The Morgan fingerprint density at radius 2 is 1.04 bits per heavy atom. The molecule has 0 fully saturated rings. The molecule has 0 aromatic heterocycles. The molecule has 0 atom stereocenters. The molecule has 0 heterocycles. The fourth-order valence-corrected chi connectivity index (χ4v) is 5.87. The van der Waals surface area contributed by atoms with Crippen LogP contribution in [0.25, 0.3) is 11.1 Å². The number of ether oxygens (including phenoxy) is 4. The van der Waals surface area contributed by atoms with E-state index in [9.17, 15) is 10.0 Å². The van der Waals surface area contributed by atoms with Gasteiger partial charge in [0, 0.05) is 5.90 Å². The smallest absolute Gasteiger partial charge is 0.496 e. The zero-order chi connectivity index (χ0) is 35.5. The molecule has 2 N–H and O–H groups in total. The molecule has 4 aromatic rings. The van der Waals surface area contributed by atoms with E-state index >= 15 is 0 Å². The van der Waals surface area contributed by atoms with Crippen LogP contribution in [0.4, 0.5) is 0 Å². The van der Waals surface area contributed by atoms with Crippen LogP contribution in [0.5, 0.6) is 23.0 Å². The maximum absolute atomic E-state index is 9.35. The van der Waals surface area contributed by atoms with E-state index < -0.39 is 7.12 Å². The summed E-state index contributed by atoms with van der Waals surface area (Å²) < 4.78 is 22.8. The Morgan fingerprint density at radius 3 is 1.40 bits per heavy atom. The molecule has 0 amide bonds. The van der Waals surface area contributed by atoms with Crippen molar-refractivity contribution in [1.29, 1.82) is 0 Å². The molecular weight excluding hydrogens is 667 g/mol. The van der Waals surface area contributed by atoms with Crippen LogP contribution in [0.3, 0.4) is 0 Å². The van der Waals surface area contributed by atoms with Crippen LogP contribution in [0, 0.1) is 13.8 Å². The maximum Gasteiger partial charge on any atom is 0.496 e. The lowest BCUT2D eigenvalue weighted by molar-refractivity contribution is 0.384. The lowest BCUT2D eigenvalue weighted by atomic mass is 9.78. The summed E-state index contributed by atoms with van der Waals surface area (Å²) in [6, 6.07) is 24.6. The van der Waals surface area contributed by atoms with Crippen molar-refractivity contribution in [2.75, 3.05) is 28.4 Å². The van der Waals surface area contributed by atoms with Crippen LogP contribution in [0.15, 0.2) is 77.3 Å². The Labute approximate surface area is 299 Å². The third-order valence-electron chi connectivity index (χ3n) is 7.85. The molecule has 0 saturated heterocycles. The van der Waals surface area contributed by atoms with Crippen molar-refractivity contribution in [3.8, 4) is 34.1 Å². The molecule has 0 unspecified atom stereocenters. The van der Waals surface area contributed by atoms with Crippen molar-refractivity contribution < 1.29 is 30.4 Å². The van der Waals surface area contributed by atoms with Gasteiger partial charge in [0.2, 0.25) is 0 Å². The number of benzene rings is 4. The van der Waals surface area contributed by atoms with Crippen molar-refractivity contribution in [2.45, 2.75) is 79.1 Å². The van der Waals surface area contributed by atoms with Gasteiger partial charge >= 0.3 is 7.12 Å². The summed E-state index contributed by atoms with van der Waals surface area (Å²) in [5, 5.41) is 18.7. The van der Waals surface area contributed by atoms with E-state index in [4.69, 9.17) is 18.9 Å². The van der Waals surface area contributed by atoms with E-state index in [0.717, 1.165) is 51.9 Å². The van der Waals surface area contributed by atoms with Crippen molar-refractivity contribution in [1.82, 2.24) is 0 Å². The van der Waals surface area contributed by atoms with Gasteiger partial charge in [-0.1, -0.05) is 103 Å². The van der Waals surface area contributed by atoms with Crippen LogP contribution in [0.2, 0.25) is 0 Å².